The molecule has 0 bridgehead atoms. The Morgan fingerprint density at radius 1 is 1.39 bits per heavy atom. The molecule has 1 heterocycles. The summed E-state index contributed by atoms with van der Waals surface area (Å²) in [5, 5.41) is 18.1. The summed E-state index contributed by atoms with van der Waals surface area (Å²) in [5.41, 5.74) is 1.35. The highest BCUT2D eigenvalue weighted by Crippen LogP contribution is 2.13. The zero-order valence-corrected chi connectivity index (χ0v) is 11.2. The molecule has 0 radical (unpaired) electrons. The van der Waals surface area contributed by atoms with E-state index in [2.05, 4.69) is 40.0 Å². The summed E-state index contributed by atoms with van der Waals surface area (Å²) in [4.78, 5) is 0. The van der Waals surface area contributed by atoms with E-state index in [9.17, 15) is 0 Å². The summed E-state index contributed by atoms with van der Waals surface area (Å²) in [5.74, 6) is 0. The first-order valence-electron chi connectivity index (χ1n) is 4.48. The molecule has 0 amide bonds. The van der Waals surface area contributed by atoms with Gasteiger partial charge in [-0.15, -0.1) is 0 Å². The Kier molecular flexibility index (Phi) is 6.12. The molecule has 0 aliphatic rings. The van der Waals surface area contributed by atoms with Crippen LogP contribution in [0.5, 0.6) is 6.01 Å². The number of tetrazole rings is 1. The average Bonchev–Trinajstić information content (AvgIpc) is 2.78. The number of benzene rings is 1. The van der Waals surface area contributed by atoms with Gasteiger partial charge in [0.25, 0.3) is 4.51 Å². The molecule has 94 valence electrons. The van der Waals surface area contributed by atoms with E-state index in [0.717, 1.165) is 5.69 Å². The molecule has 2 aromatic rings. The predicted molar refractivity (Wildman–Crippen MR) is 74.5 cm³/mol. The van der Waals surface area contributed by atoms with Crippen LogP contribution in [0.15, 0.2) is 30.3 Å². The van der Waals surface area contributed by atoms with Crippen molar-refractivity contribution in [2.75, 3.05) is 0 Å². The van der Waals surface area contributed by atoms with Gasteiger partial charge >= 0.3 is 6.01 Å². The summed E-state index contributed by atoms with van der Waals surface area (Å²) >= 11 is 13.8. The minimum atomic E-state index is -0.151. The van der Waals surface area contributed by atoms with Crippen molar-refractivity contribution >= 4 is 46.1 Å². The highest BCUT2D eigenvalue weighted by molar-refractivity contribution is 7.82. The van der Waals surface area contributed by atoms with Crippen molar-refractivity contribution in [1.82, 2.24) is 20.2 Å². The molecule has 0 saturated carbocycles. The average molecular weight is 303 g/mol. The van der Waals surface area contributed by atoms with Gasteiger partial charge in [-0.25, -0.2) is 0 Å². The fraction of sp³-hybridized carbons (Fsp3) is 0. The van der Waals surface area contributed by atoms with Gasteiger partial charge in [-0.1, -0.05) is 23.3 Å². The molecule has 0 aliphatic carbocycles. The number of hydrogen-bond acceptors (Lipinski definition) is 6. The molecule has 18 heavy (non-hydrogen) atoms. The van der Waals surface area contributed by atoms with Crippen LogP contribution in [-0.4, -0.2) is 35.4 Å². The van der Waals surface area contributed by atoms with E-state index >= 15 is 0 Å². The van der Waals surface area contributed by atoms with Gasteiger partial charge in [-0.05, 0) is 58.6 Å². The molecule has 0 unspecified atom stereocenters. The summed E-state index contributed by atoms with van der Waals surface area (Å²) in [6, 6.07) is 9.42. The first kappa shape index (κ1) is 14.4. The number of aromatic nitrogens is 4. The van der Waals surface area contributed by atoms with Crippen molar-refractivity contribution in [3.8, 4) is 11.7 Å². The molecule has 9 heteroatoms. The Bertz CT molecular complexity index is 520. The largest absolute Gasteiger partial charge is 0.504 e. The number of ether oxygens (including phenoxy) is 1. The fourth-order valence-corrected chi connectivity index (χ4v) is 1.19. The third-order valence-corrected chi connectivity index (χ3v) is 1.77. The van der Waals surface area contributed by atoms with Crippen LogP contribution in [0, 0.1) is 0 Å². The van der Waals surface area contributed by atoms with Crippen LogP contribution in [-0.2, 0) is 0 Å². The van der Waals surface area contributed by atoms with Crippen molar-refractivity contribution < 1.29 is 9.84 Å². The Balaban J connectivity index is 0.000000492. The number of rotatable bonds is 2. The van der Waals surface area contributed by atoms with Crippen LogP contribution in [0.1, 0.15) is 0 Å². The quantitative estimate of drug-likeness (QED) is 0.672. The summed E-state index contributed by atoms with van der Waals surface area (Å²) in [7, 11) is 0. The Labute approximate surface area is 118 Å². The normalized spacial score (nSPS) is 8.94. The number of hydrogen-bond donors (Lipinski definition) is 1. The molecule has 1 N–H and O–H groups in total. The maximum absolute atomic E-state index is 7.26. The monoisotopic (exact) mass is 302 g/mol. The third kappa shape index (κ3) is 4.32. The van der Waals surface area contributed by atoms with Crippen molar-refractivity contribution in [2.24, 2.45) is 0 Å². The fourth-order valence-electron chi connectivity index (χ4n) is 1.05. The minimum Gasteiger partial charge on any atom is -0.504 e. The molecule has 0 aliphatic heterocycles. The summed E-state index contributed by atoms with van der Waals surface area (Å²) < 4.78 is 6.21. The second-order valence-electron chi connectivity index (χ2n) is 2.65. The molecule has 2 rings (SSSR count). The van der Waals surface area contributed by atoms with E-state index in [4.69, 9.17) is 21.4 Å². The number of aliphatic hydroxyl groups excluding tert-OH is 1. The Hall–Kier alpha value is -1.64. The zero-order valence-electron chi connectivity index (χ0n) is 8.80. The maximum Gasteiger partial charge on any atom is 0.347 e. The zero-order chi connectivity index (χ0) is 13.4. The van der Waals surface area contributed by atoms with Crippen LogP contribution in [0.4, 0.5) is 0 Å². The molecule has 0 spiro atoms. The number of para-hydroxylation sites is 1. The van der Waals surface area contributed by atoms with Crippen molar-refractivity contribution in [3.05, 3.63) is 30.3 Å². The van der Waals surface area contributed by atoms with E-state index in [-0.39, 0.29) is 10.5 Å². The third-order valence-electron chi connectivity index (χ3n) is 1.61. The smallest absolute Gasteiger partial charge is 0.347 e. The van der Waals surface area contributed by atoms with Gasteiger partial charge in [0, 0.05) is 0 Å². The standard InChI is InChI=1S/C8H5ClN4OS.CH2OS/c9-7(15)14-8-10-11-12-13(8)6-4-2-1-3-5-6;2-1-3/h1-5H;1H,(H,2,3). The highest BCUT2D eigenvalue weighted by atomic mass is 35.5. The second-order valence-corrected chi connectivity index (χ2v) is 3.80. The van der Waals surface area contributed by atoms with Crippen LogP contribution in [0.25, 0.3) is 5.69 Å². The predicted octanol–water partition coefficient (Wildman–Crippen LogP) is 2.07. The van der Waals surface area contributed by atoms with Crippen molar-refractivity contribution in [3.63, 3.8) is 0 Å². The Morgan fingerprint density at radius 3 is 2.56 bits per heavy atom. The molecule has 0 saturated heterocycles. The molecule has 6 nitrogen and oxygen atoms in total. The van der Waals surface area contributed by atoms with E-state index in [1.807, 2.05) is 30.3 Å². The lowest BCUT2D eigenvalue weighted by Gasteiger charge is -2.02. The van der Waals surface area contributed by atoms with Crippen LogP contribution in [0.2, 0.25) is 0 Å². The number of thiocarbonyl (C=S) groups is 2. The van der Waals surface area contributed by atoms with Gasteiger partial charge in [-0.3, -0.25) is 0 Å². The molecular formula is C9H7ClN4O2S2. The summed E-state index contributed by atoms with van der Waals surface area (Å²) in [6.45, 7) is 0. The van der Waals surface area contributed by atoms with Crippen molar-refractivity contribution in [1.29, 1.82) is 0 Å². The van der Waals surface area contributed by atoms with Crippen LogP contribution < -0.4 is 4.74 Å². The second kappa shape index (κ2) is 7.64. The van der Waals surface area contributed by atoms with Gasteiger partial charge in [-0.2, -0.15) is 4.68 Å². The van der Waals surface area contributed by atoms with Crippen LogP contribution in [0.3, 0.4) is 0 Å². The first-order valence-corrected chi connectivity index (χ1v) is 5.73. The highest BCUT2D eigenvalue weighted by Gasteiger charge is 2.10. The van der Waals surface area contributed by atoms with Crippen LogP contribution >= 0.6 is 36.0 Å². The number of aliphatic hydroxyl groups is 1. The molecule has 1 aromatic heterocycles. The van der Waals surface area contributed by atoms with E-state index in [0.29, 0.717) is 5.55 Å². The lowest BCUT2D eigenvalue weighted by Crippen LogP contribution is -2.04. The lowest BCUT2D eigenvalue weighted by molar-refractivity contribution is 0.504. The number of nitrogens with zero attached hydrogens (tertiary/aromatic N) is 4. The van der Waals surface area contributed by atoms with Gasteiger partial charge in [0.1, 0.15) is 5.55 Å². The van der Waals surface area contributed by atoms with E-state index < -0.39 is 0 Å². The lowest BCUT2D eigenvalue weighted by atomic mass is 10.3. The van der Waals surface area contributed by atoms with Gasteiger partial charge in [0.15, 0.2) is 0 Å². The topological polar surface area (TPSA) is 73.1 Å². The first-order chi connectivity index (χ1) is 8.69. The molecule has 0 fully saturated rings. The number of halogens is 1. The van der Waals surface area contributed by atoms with E-state index in [1.165, 1.54) is 4.68 Å². The van der Waals surface area contributed by atoms with Crippen molar-refractivity contribution in [2.45, 2.75) is 0 Å². The van der Waals surface area contributed by atoms with Gasteiger partial charge in [0.05, 0.1) is 5.69 Å². The SMILES string of the molecule is OC=S.S=C(Cl)Oc1nnnn1-c1ccccc1. The van der Waals surface area contributed by atoms with Gasteiger partial charge < -0.3 is 9.84 Å². The minimum absolute atomic E-state index is 0.140. The maximum atomic E-state index is 7.26. The molecule has 0 atom stereocenters. The van der Waals surface area contributed by atoms with E-state index in [1.54, 1.807) is 0 Å². The Morgan fingerprint density at radius 2 is 2.00 bits per heavy atom. The van der Waals surface area contributed by atoms with Gasteiger partial charge in [0.2, 0.25) is 0 Å². The molecular weight excluding hydrogens is 296 g/mol. The molecule has 1 aromatic carbocycles. The summed E-state index contributed by atoms with van der Waals surface area (Å²) in [6.07, 6.45) is 0.